The average molecular weight is 452 g/mol. The predicted molar refractivity (Wildman–Crippen MR) is 113 cm³/mol. The topological polar surface area (TPSA) is 113 Å². The molecule has 0 aromatic heterocycles. The molecule has 1 aliphatic heterocycles. The maximum absolute atomic E-state index is 12.5. The maximum Gasteiger partial charge on any atom is 0.241 e. The Labute approximate surface area is 177 Å². The van der Waals surface area contributed by atoms with E-state index in [2.05, 4.69) is 9.44 Å². The fraction of sp³-hybridized carbons (Fsp3) is 0.350. The number of nitrogens with one attached hydrogen (secondary N) is 2. The Hall–Kier alpha value is -2.27. The molecule has 10 heteroatoms. The Morgan fingerprint density at radius 3 is 2.07 bits per heavy atom. The first-order chi connectivity index (χ1) is 14.2. The second-order valence-electron chi connectivity index (χ2n) is 7.23. The quantitative estimate of drug-likeness (QED) is 0.658. The largest absolute Gasteiger partial charge is 0.341 e. The number of nitrogens with zero attached hydrogens (tertiary/aromatic N) is 1. The summed E-state index contributed by atoms with van der Waals surface area (Å²) >= 11 is 0. The lowest BCUT2D eigenvalue weighted by atomic mass is 10.1. The van der Waals surface area contributed by atoms with Gasteiger partial charge in [0.25, 0.3) is 0 Å². The summed E-state index contributed by atoms with van der Waals surface area (Å²) in [5, 5.41) is 0. The lowest BCUT2D eigenvalue weighted by Gasteiger charge is -2.32. The van der Waals surface area contributed by atoms with E-state index in [4.69, 9.17) is 0 Å². The number of hydrogen-bond acceptors (Lipinski definition) is 5. The van der Waals surface area contributed by atoms with Crippen molar-refractivity contribution in [1.82, 2.24) is 14.3 Å². The van der Waals surface area contributed by atoms with Gasteiger partial charge in [-0.2, -0.15) is 0 Å². The summed E-state index contributed by atoms with van der Waals surface area (Å²) in [6, 6.07) is 14.2. The van der Waals surface area contributed by atoms with Crippen LogP contribution in [0.15, 0.2) is 64.4 Å². The molecule has 2 aromatic carbocycles. The van der Waals surface area contributed by atoms with Crippen molar-refractivity contribution < 1.29 is 21.6 Å². The number of likely N-dealkylation sites (tertiary alicyclic amines) is 1. The van der Waals surface area contributed by atoms with Crippen LogP contribution in [0.2, 0.25) is 0 Å². The van der Waals surface area contributed by atoms with Gasteiger partial charge in [0, 0.05) is 19.1 Å². The number of hydrogen-bond donors (Lipinski definition) is 2. The summed E-state index contributed by atoms with van der Waals surface area (Å²) in [7, 11) is -7.37. The van der Waals surface area contributed by atoms with Gasteiger partial charge in [0.2, 0.25) is 26.0 Å². The van der Waals surface area contributed by atoms with E-state index in [0.717, 1.165) is 5.56 Å². The van der Waals surface area contributed by atoms with Gasteiger partial charge in [0.1, 0.15) is 0 Å². The van der Waals surface area contributed by atoms with Crippen molar-refractivity contribution in [1.29, 1.82) is 0 Å². The second-order valence-corrected chi connectivity index (χ2v) is 10.7. The first-order valence-corrected chi connectivity index (χ1v) is 12.6. The van der Waals surface area contributed by atoms with Gasteiger partial charge < -0.3 is 4.90 Å². The molecule has 1 amide bonds. The van der Waals surface area contributed by atoms with E-state index in [1.807, 2.05) is 6.92 Å². The molecule has 0 saturated carbocycles. The van der Waals surface area contributed by atoms with E-state index in [-0.39, 0.29) is 28.3 Å². The van der Waals surface area contributed by atoms with E-state index in [1.165, 1.54) is 12.1 Å². The van der Waals surface area contributed by atoms with Crippen molar-refractivity contribution >= 4 is 26.0 Å². The van der Waals surface area contributed by atoms with E-state index in [9.17, 15) is 21.6 Å². The first kappa shape index (κ1) is 22.4. The SMILES string of the molecule is Cc1ccc(S(=O)(=O)NC2CCN(C(=O)CNS(=O)(=O)c3ccccc3)CC2)cc1. The minimum absolute atomic E-state index is 0.0991. The fourth-order valence-electron chi connectivity index (χ4n) is 3.20. The van der Waals surface area contributed by atoms with Crippen LogP contribution in [-0.2, 0) is 24.8 Å². The zero-order chi connectivity index (χ0) is 21.8. The predicted octanol–water partition coefficient (Wildman–Crippen LogP) is 1.24. The molecule has 1 heterocycles. The third-order valence-corrected chi connectivity index (χ3v) is 7.92. The molecule has 0 unspecified atom stereocenters. The van der Waals surface area contributed by atoms with Crippen molar-refractivity contribution in [2.75, 3.05) is 19.6 Å². The molecule has 162 valence electrons. The molecule has 0 spiro atoms. The molecule has 0 atom stereocenters. The third kappa shape index (κ3) is 5.66. The van der Waals surface area contributed by atoms with E-state index >= 15 is 0 Å². The van der Waals surface area contributed by atoms with Crippen LogP contribution in [0.3, 0.4) is 0 Å². The molecule has 30 heavy (non-hydrogen) atoms. The number of carbonyl (C=O) groups is 1. The van der Waals surface area contributed by atoms with E-state index in [0.29, 0.717) is 25.9 Å². The summed E-state index contributed by atoms with van der Waals surface area (Å²) in [6.07, 6.45) is 0.921. The number of rotatable bonds is 7. The monoisotopic (exact) mass is 451 g/mol. The van der Waals surface area contributed by atoms with Crippen molar-refractivity contribution in [3.8, 4) is 0 Å². The number of aryl methyl sites for hydroxylation is 1. The molecule has 3 rings (SSSR count). The van der Waals surface area contributed by atoms with Crippen molar-refractivity contribution in [2.24, 2.45) is 0 Å². The molecular weight excluding hydrogens is 426 g/mol. The average Bonchev–Trinajstić information content (AvgIpc) is 2.73. The standard InChI is InChI=1S/C20H25N3O5S2/c1-16-7-9-19(10-8-16)30(27,28)22-17-11-13-23(14-12-17)20(24)15-21-29(25,26)18-5-3-2-4-6-18/h2-10,17,21-22H,11-15H2,1H3. The van der Waals surface area contributed by atoms with Gasteiger partial charge in [-0.25, -0.2) is 26.3 Å². The third-order valence-electron chi connectivity index (χ3n) is 4.97. The molecule has 1 saturated heterocycles. The molecule has 0 bridgehead atoms. The van der Waals surface area contributed by atoms with Crippen LogP contribution in [0.5, 0.6) is 0 Å². The summed E-state index contributed by atoms with van der Waals surface area (Å²) in [6.45, 7) is 2.26. The highest BCUT2D eigenvalue weighted by Crippen LogP contribution is 2.16. The van der Waals surface area contributed by atoms with Gasteiger partial charge >= 0.3 is 0 Å². The minimum atomic E-state index is -3.75. The van der Waals surface area contributed by atoms with Crippen LogP contribution in [0, 0.1) is 6.92 Å². The van der Waals surface area contributed by atoms with Crippen LogP contribution in [0.25, 0.3) is 0 Å². The molecule has 2 aromatic rings. The zero-order valence-electron chi connectivity index (χ0n) is 16.6. The van der Waals surface area contributed by atoms with Gasteiger partial charge in [0.15, 0.2) is 0 Å². The molecule has 1 aliphatic rings. The van der Waals surface area contributed by atoms with Crippen LogP contribution in [0.1, 0.15) is 18.4 Å². The molecule has 2 N–H and O–H groups in total. The molecule has 0 aliphatic carbocycles. The Balaban J connectivity index is 1.50. The van der Waals surface area contributed by atoms with Crippen LogP contribution in [0.4, 0.5) is 0 Å². The van der Waals surface area contributed by atoms with E-state index in [1.54, 1.807) is 47.4 Å². The van der Waals surface area contributed by atoms with Crippen LogP contribution in [-0.4, -0.2) is 53.3 Å². The highest BCUT2D eigenvalue weighted by molar-refractivity contribution is 7.89. The minimum Gasteiger partial charge on any atom is -0.341 e. The van der Waals surface area contributed by atoms with Gasteiger partial charge in [-0.3, -0.25) is 4.79 Å². The van der Waals surface area contributed by atoms with E-state index < -0.39 is 20.0 Å². The first-order valence-electron chi connectivity index (χ1n) is 9.59. The lowest BCUT2D eigenvalue weighted by molar-refractivity contribution is -0.130. The van der Waals surface area contributed by atoms with Crippen LogP contribution >= 0.6 is 0 Å². The number of benzene rings is 2. The highest BCUT2D eigenvalue weighted by atomic mass is 32.2. The van der Waals surface area contributed by atoms with Crippen molar-refractivity contribution in [3.05, 3.63) is 60.2 Å². The summed E-state index contributed by atoms with van der Waals surface area (Å²) < 4.78 is 54.5. The van der Waals surface area contributed by atoms with Gasteiger partial charge in [-0.1, -0.05) is 35.9 Å². The zero-order valence-corrected chi connectivity index (χ0v) is 18.2. The van der Waals surface area contributed by atoms with Gasteiger partial charge in [-0.15, -0.1) is 0 Å². The number of amides is 1. The summed E-state index contributed by atoms with van der Waals surface area (Å²) in [5.41, 5.74) is 0.976. The highest BCUT2D eigenvalue weighted by Gasteiger charge is 2.27. The number of sulfonamides is 2. The summed E-state index contributed by atoms with van der Waals surface area (Å²) in [4.78, 5) is 14.2. The van der Waals surface area contributed by atoms with Crippen LogP contribution < -0.4 is 9.44 Å². The van der Waals surface area contributed by atoms with Gasteiger partial charge in [-0.05, 0) is 44.0 Å². The Morgan fingerprint density at radius 2 is 1.47 bits per heavy atom. The number of piperidine rings is 1. The smallest absolute Gasteiger partial charge is 0.241 e. The Morgan fingerprint density at radius 1 is 0.900 bits per heavy atom. The van der Waals surface area contributed by atoms with Crippen molar-refractivity contribution in [2.45, 2.75) is 35.6 Å². The fourth-order valence-corrected chi connectivity index (χ4v) is 5.50. The van der Waals surface area contributed by atoms with Gasteiger partial charge in [0.05, 0.1) is 16.3 Å². The molecular formula is C20H25N3O5S2. The summed E-state index contributed by atoms with van der Waals surface area (Å²) in [5.74, 6) is -0.339. The second kappa shape index (κ2) is 9.25. The lowest BCUT2D eigenvalue weighted by Crippen LogP contribution is -2.48. The maximum atomic E-state index is 12.5. The number of carbonyl (C=O) groups excluding carboxylic acids is 1. The molecule has 1 fully saturated rings. The molecule has 8 nitrogen and oxygen atoms in total. The molecule has 0 radical (unpaired) electrons. The van der Waals surface area contributed by atoms with Crippen molar-refractivity contribution in [3.63, 3.8) is 0 Å². The normalized spacial score (nSPS) is 15.8. The Bertz CT molecular complexity index is 1080. The Kier molecular flexibility index (Phi) is 6.91.